The van der Waals surface area contributed by atoms with Gasteiger partial charge in [-0.05, 0) is 89.9 Å². The summed E-state index contributed by atoms with van der Waals surface area (Å²) in [6.07, 6.45) is 4.30. The van der Waals surface area contributed by atoms with Crippen LogP contribution in [0.4, 0.5) is 0 Å². The summed E-state index contributed by atoms with van der Waals surface area (Å²) in [5, 5.41) is 30.5. The number of carbonyl (C=O) groups excluding carboxylic acids is 6. The van der Waals surface area contributed by atoms with Crippen molar-refractivity contribution >= 4 is 59.5 Å². The fourth-order valence-electron chi connectivity index (χ4n) is 7.53. The van der Waals surface area contributed by atoms with Crippen LogP contribution in [0.25, 0.3) is 0 Å². The summed E-state index contributed by atoms with van der Waals surface area (Å²) in [5.74, 6) is -4.84. The van der Waals surface area contributed by atoms with Gasteiger partial charge in [-0.15, -0.1) is 0 Å². The number of aliphatic carboxylic acids is 1. The molecule has 6 amide bonds. The van der Waals surface area contributed by atoms with Crippen LogP contribution >= 0.6 is 0 Å². The molecule has 342 valence electrons. The molecule has 0 aromatic rings. The fourth-order valence-corrected chi connectivity index (χ4v) is 7.53. The van der Waals surface area contributed by atoms with E-state index in [2.05, 4.69) is 36.2 Å². The second-order valence-corrected chi connectivity index (χ2v) is 15.8. The predicted octanol–water partition coefficient (Wildman–Crippen LogP) is -3.91. The van der Waals surface area contributed by atoms with Crippen molar-refractivity contribution < 1.29 is 43.8 Å². The van der Waals surface area contributed by atoms with Crippen LogP contribution in [-0.2, 0) is 33.6 Å². The first-order valence-electron chi connectivity index (χ1n) is 21.0. The quantitative estimate of drug-likeness (QED) is 0.0251. The average molecular weight is 863 g/mol. The van der Waals surface area contributed by atoms with Crippen LogP contribution in [0.2, 0.25) is 0 Å². The predicted molar refractivity (Wildman–Crippen MR) is 225 cm³/mol. The Balaban J connectivity index is 1.69. The summed E-state index contributed by atoms with van der Waals surface area (Å²) in [7, 11) is 0. The van der Waals surface area contributed by atoms with Crippen LogP contribution in [0.1, 0.15) is 90.9 Å². The van der Waals surface area contributed by atoms with Crippen molar-refractivity contribution in [2.45, 2.75) is 139 Å². The number of amides is 6. The molecule has 0 bridgehead atoms. The second kappa shape index (κ2) is 24.6. The molecule has 3 heterocycles. The molecule has 23 nitrogen and oxygen atoms in total. The van der Waals surface area contributed by atoms with Crippen LogP contribution in [0.3, 0.4) is 0 Å². The highest BCUT2D eigenvalue weighted by atomic mass is 16.4. The molecule has 9 atom stereocenters. The lowest BCUT2D eigenvalue weighted by Gasteiger charge is -2.33. The first-order valence-corrected chi connectivity index (χ1v) is 21.0. The lowest BCUT2D eigenvalue weighted by atomic mass is 10.0. The van der Waals surface area contributed by atoms with E-state index in [1.165, 1.54) is 16.7 Å². The van der Waals surface area contributed by atoms with Crippen LogP contribution in [-0.4, -0.2) is 161 Å². The maximum atomic E-state index is 14.2. The summed E-state index contributed by atoms with van der Waals surface area (Å²) in [4.78, 5) is 108. The summed E-state index contributed by atoms with van der Waals surface area (Å²) in [5.41, 5.74) is 27.6. The number of carboxylic acids is 1. The molecule has 3 rings (SSSR count). The lowest BCUT2D eigenvalue weighted by molar-refractivity contribution is -0.148. The van der Waals surface area contributed by atoms with E-state index in [4.69, 9.17) is 28.7 Å². The maximum absolute atomic E-state index is 14.2. The first-order chi connectivity index (χ1) is 28.9. The number of rotatable bonds is 24. The van der Waals surface area contributed by atoms with Crippen LogP contribution in [0, 0.1) is 5.92 Å². The molecule has 3 aliphatic heterocycles. The zero-order valence-electron chi connectivity index (χ0n) is 35.2. The number of aliphatic imine (C=N–C) groups is 3. The van der Waals surface area contributed by atoms with Crippen molar-refractivity contribution in [1.82, 2.24) is 31.1 Å². The van der Waals surface area contributed by atoms with Gasteiger partial charge in [0.1, 0.15) is 42.3 Å². The first kappa shape index (κ1) is 49.8. The summed E-state index contributed by atoms with van der Waals surface area (Å²) >= 11 is 0. The van der Waals surface area contributed by atoms with E-state index in [1.54, 1.807) is 6.21 Å². The Morgan fingerprint density at radius 1 is 0.770 bits per heavy atom. The monoisotopic (exact) mass is 863 g/mol. The third-order valence-corrected chi connectivity index (χ3v) is 11.0. The molecule has 0 aromatic carbocycles. The summed E-state index contributed by atoms with van der Waals surface area (Å²) in [6.45, 7) is 4.28. The van der Waals surface area contributed by atoms with Crippen molar-refractivity contribution in [2.75, 3.05) is 32.7 Å². The minimum Gasteiger partial charge on any atom is -0.480 e. The number of aliphatic hydroxyl groups excluding tert-OH is 1. The average Bonchev–Trinajstić information content (AvgIpc) is 4.00. The van der Waals surface area contributed by atoms with E-state index in [0.29, 0.717) is 45.1 Å². The van der Waals surface area contributed by atoms with E-state index < -0.39 is 83.9 Å². The smallest absolute Gasteiger partial charge is 0.326 e. The Kier molecular flexibility index (Phi) is 20.1. The van der Waals surface area contributed by atoms with Crippen molar-refractivity contribution in [3.05, 3.63) is 0 Å². The van der Waals surface area contributed by atoms with Gasteiger partial charge in [-0.25, -0.2) is 4.79 Å². The third-order valence-electron chi connectivity index (χ3n) is 11.0. The molecular formula is C38H66N14O9. The molecule has 3 aliphatic rings. The zero-order valence-corrected chi connectivity index (χ0v) is 35.2. The number of carbonyl (C=O) groups is 7. The minimum absolute atomic E-state index is 0.0371. The third kappa shape index (κ3) is 15.4. The topological polar surface area (TPSA) is 382 Å². The summed E-state index contributed by atoms with van der Waals surface area (Å²) < 4.78 is 0. The standard InChI is InChI=1S/C38H66N14O9/c1-21-14-18-44-29(21)33(57)45-15-4-3-9-25(36(60)61)50-30(54)23(10-5-16-46-37(40)41)48-31(55)26-12-7-19-51(26)35(59)27-13-8-20-52(27)34(58)24(11-6-17-47-38(42)43)49-32(56)28(39)22(2)53/h18,21-29,53H,3-17,19-20,39H2,1-2H3,(H,45,57)(H,48,55)(H,49,56)(H,50,54)(H,60,61)(H4,40,41,46)(H4,42,43,47)/t21-,22-,23+,24+,25+,26+,27+,28+,29-/m1/s1. The number of hydrogen-bond donors (Lipinski definition) is 11. The van der Waals surface area contributed by atoms with E-state index in [1.807, 2.05) is 6.92 Å². The Morgan fingerprint density at radius 3 is 1.92 bits per heavy atom. The van der Waals surface area contributed by atoms with E-state index in [0.717, 1.165) is 6.42 Å². The Hall–Kier alpha value is -5.58. The molecule has 23 heteroatoms. The highest BCUT2D eigenvalue weighted by Gasteiger charge is 2.44. The van der Waals surface area contributed by atoms with Gasteiger partial charge in [0.05, 0.1) is 6.10 Å². The van der Waals surface area contributed by atoms with Crippen molar-refractivity contribution in [3.8, 4) is 0 Å². The number of guanidine groups is 2. The fraction of sp³-hybridized carbons (Fsp3) is 0.737. The maximum Gasteiger partial charge on any atom is 0.326 e. The van der Waals surface area contributed by atoms with Crippen molar-refractivity contribution in [1.29, 1.82) is 0 Å². The van der Waals surface area contributed by atoms with Gasteiger partial charge in [-0.2, -0.15) is 0 Å². The Bertz CT molecular complexity index is 1630. The highest BCUT2D eigenvalue weighted by molar-refractivity contribution is 5.97. The Labute approximate surface area is 355 Å². The molecule has 16 N–H and O–H groups in total. The Morgan fingerprint density at radius 2 is 1.34 bits per heavy atom. The minimum atomic E-state index is -1.31. The van der Waals surface area contributed by atoms with Gasteiger partial charge >= 0.3 is 5.97 Å². The van der Waals surface area contributed by atoms with Gasteiger partial charge in [0.2, 0.25) is 35.4 Å². The number of aliphatic hydroxyl groups is 1. The summed E-state index contributed by atoms with van der Waals surface area (Å²) in [6, 6.07) is -7.33. The van der Waals surface area contributed by atoms with Gasteiger partial charge in [0, 0.05) is 38.9 Å². The SMILES string of the molecule is C[C@@H]1CC=N[C@H]1C(=O)NCCCC[C@H](NC(=O)[C@H](CCCN=C(N)N)NC(=O)[C@@H]1CCCN1C(=O)[C@@H]1CCCN1C(=O)[C@H](CCCN=C(N)N)NC(=O)[C@@H](N)[C@@H](C)O)C(=O)O. The number of likely N-dealkylation sites (tertiary alicyclic amines) is 2. The number of nitrogens with two attached hydrogens (primary N) is 5. The molecular weight excluding hydrogens is 797 g/mol. The van der Waals surface area contributed by atoms with Gasteiger partial charge < -0.3 is 69.9 Å². The van der Waals surface area contributed by atoms with Crippen LogP contribution in [0.5, 0.6) is 0 Å². The molecule has 0 spiro atoms. The van der Waals surface area contributed by atoms with Crippen LogP contribution in [0.15, 0.2) is 15.0 Å². The van der Waals surface area contributed by atoms with E-state index in [-0.39, 0.29) is 82.0 Å². The number of nitrogens with zero attached hydrogens (tertiary/aromatic N) is 5. The van der Waals surface area contributed by atoms with E-state index >= 15 is 0 Å². The molecule has 61 heavy (non-hydrogen) atoms. The largest absolute Gasteiger partial charge is 0.480 e. The number of nitrogens with one attached hydrogen (secondary N) is 4. The molecule has 0 aromatic heterocycles. The molecule has 2 fully saturated rings. The van der Waals surface area contributed by atoms with Crippen LogP contribution < -0.4 is 49.9 Å². The molecule has 0 unspecified atom stereocenters. The van der Waals surface area contributed by atoms with E-state index in [9.17, 15) is 43.8 Å². The number of hydrogen-bond acceptors (Lipinski definition) is 12. The van der Waals surface area contributed by atoms with Gasteiger partial charge in [0.25, 0.3) is 0 Å². The molecule has 2 saturated heterocycles. The zero-order chi connectivity index (χ0) is 45.2. The van der Waals surface area contributed by atoms with Gasteiger partial charge in [-0.3, -0.25) is 43.7 Å². The second-order valence-electron chi connectivity index (χ2n) is 15.8. The number of carboxylic acid groups (broad SMARTS) is 1. The lowest BCUT2D eigenvalue weighted by Crippen LogP contribution is -2.59. The normalized spacial score (nSPS) is 22.0. The van der Waals surface area contributed by atoms with Gasteiger partial charge in [-0.1, -0.05) is 6.92 Å². The number of unbranched alkanes of at least 4 members (excludes halogenated alkanes) is 1. The molecule has 0 saturated carbocycles. The van der Waals surface area contributed by atoms with Gasteiger partial charge in [0.15, 0.2) is 11.9 Å². The highest BCUT2D eigenvalue weighted by Crippen LogP contribution is 2.26. The molecule has 0 aliphatic carbocycles. The van der Waals surface area contributed by atoms with Crippen molar-refractivity contribution in [2.24, 2.45) is 49.6 Å². The van der Waals surface area contributed by atoms with Crippen molar-refractivity contribution in [3.63, 3.8) is 0 Å². The molecule has 0 radical (unpaired) electrons.